The minimum atomic E-state index is -0.624. The number of benzene rings is 1. The predicted octanol–water partition coefficient (Wildman–Crippen LogP) is 1.97. The molecule has 0 unspecified atom stereocenters. The number of nitrogens with one attached hydrogen (secondary N) is 1. The van der Waals surface area contributed by atoms with Crippen LogP contribution in [0.25, 0.3) is 0 Å². The number of anilines is 1. The van der Waals surface area contributed by atoms with Crippen molar-refractivity contribution < 1.29 is 19.1 Å². The van der Waals surface area contributed by atoms with Crippen molar-refractivity contribution >= 4 is 17.5 Å². The summed E-state index contributed by atoms with van der Waals surface area (Å²) in [5.41, 5.74) is 0.685. The maximum atomic E-state index is 12.6. The molecule has 0 aromatic heterocycles. The van der Waals surface area contributed by atoms with Gasteiger partial charge in [0.15, 0.2) is 0 Å². The van der Waals surface area contributed by atoms with Gasteiger partial charge in [-0.25, -0.2) is 0 Å². The van der Waals surface area contributed by atoms with E-state index in [1.165, 1.54) is 0 Å². The van der Waals surface area contributed by atoms with Gasteiger partial charge in [0.05, 0.1) is 19.9 Å². The zero-order chi connectivity index (χ0) is 17.0. The lowest BCUT2D eigenvalue weighted by Crippen LogP contribution is -2.40. The monoisotopic (exact) mass is 320 g/mol. The molecule has 0 bridgehead atoms. The summed E-state index contributed by atoms with van der Waals surface area (Å²) in [7, 11) is 3.12. The topological polar surface area (TPSA) is 67.9 Å². The van der Waals surface area contributed by atoms with Crippen LogP contribution >= 0.6 is 0 Å². The summed E-state index contributed by atoms with van der Waals surface area (Å²) in [6, 6.07) is 5.36. The number of ether oxygens (including phenoxy) is 2. The summed E-state index contributed by atoms with van der Waals surface area (Å²) in [5.74, 6) is 0.225. The van der Waals surface area contributed by atoms with Gasteiger partial charge in [0.1, 0.15) is 17.4 Å². The zero-order valence-electron chi connectivity index (χ0n) is 14.1. The fraction of sp³-hybridized carbons (Fsp3) is 0.529. The third-order valence-electron chi connectivity index (χ3n) is 4.17. The minimum absolute atomic E-state index is 0.0706. The fourth-order valence-electron chi connectivity index (χ4n) is 2.57. The Morgan fingerprint density at radius 3 is 2.43 bits per heavy atom. The van der Waals surface area contributed by atoms with Crippen LogP contribution in [0.4, 0.5) is 5.69 Å². The van der Waals surface area contributed by atoms with E-state index in [9.17, 15) is 9.59 Å². The molecule has 1 heterocycles. The summed E-state index contributed by atoms with van der Waals surface area (Å²) in [4.78, 5) is 26.5. The van der Waals surface area contributed by atoms with Gasteiger partial charge in [-0.3, -0.25) is 9.59 Å². The lowest BCUT2D eigenvalue weighted by Gasteiger charge is -2.19. The normalized spacial score (nSPS) is 18.7. The molecule has 2 amide bonds. The van der Waals surface area contributed by atoms with E-state index >= 15 is 0 Å². The Kier molecular flexibility index (Phi) is 5.47. The van der Waals surface area contributed by atoms with E-state index in [2.05, 4.69) is 5.32 Å². The Bertz CT molecular complexity index is 566. The molecule has 1 fully saturated rings. The van der Waals surface area contributed by atoms with E-state index < -0.39 is 5.92 Å². The highest BCUT2D eigenvalue weighted by Crippen LogP contribution is 2.32. The first-order valence-corrected chi connectivity index (χ1v) is 7.85. The second kappa shape index (κ2) is 7.35. The first-order valence-electron chi connectivity index (χ1n) is 7.85. The molecular formula is C17H24N2O4. The summed E-state index contributed by atoms with van der Waals surface area (Å²) < 4.78 is 10.5. The van der Waals surface area contributed by atoms with E-state index in [-0.39, 0.29) is 17.9 Å². The summed E-state index contributed by atoms with van der Waals surface area (Å²) >= 11 is 0. The van der Waals surface area contributed by atoms with Gasteiger partial charge in [-0.1, -0.05) is 6.92 Å². The van der Waals surface area contributed by atoms with E-state index in [1.54, 1.807) is 37.3 Å². The molecule has 1 aliphatic heterocycles. The molecule has 2 atom stereocenters. The van der Waals surface area contributed by atoms with Crippen molar-refractivity contribution in [2.75, 3.05) is 25.7 Å². The second-order valence-corrected chi connectivity index (χ2v) is 5.72. The second-order valence-electron chi connectivity index (χ2n) is 5.72. The number of carbonyl (C=O) groups is 2. The van der Waals surface area contributed by atoms with Crippen molar-refractivity contribution in [2.45, 2.75) is 32.7 Å². The average Bonchev–Trinajstić information content (AvgIpc) is 2.95. The molecule has 0 radical (unpaired) electrons. The maximum Gasteiger partial charge on any atom is 0.239 e. The van der Waals surface area contributed by atoms with Gasteiger partial charge in [-0.2, -0.15) is 0 Å². The molecule has 1 saturated heterocycles. The molecule has 1 aromatic carbocycles. The molecule has 6 nitrogen and oxygen atoms in total. The van der Waals surface area contributed by atoms with Gasteiger partial charge >= 0.3 is 0 Å². The molecule has 23 heavy (non-hydrogen) atoms. The lowest BCUT2D eigenvalue weighted by atomic mass is 10.1. The molecular weight excluding hydrogens is 296 g/mol. The van der Waals surface area contributed by atoms with Crippen LogP contribution < -0.4 is 19.7 Å². The highest BCUT2D eigenvalue weighted by Gasteiger charge is 2.38. The van der Waals surface area contributed by atoms with Crippen molar-refractivity contribution in [3.8, 4) is 11.5 Å². The van der Waals surface area contributed by atoms with Crippen LogP contribution in [-0.4, -0.2) is 38.6 Å². The lowest BCUT2D eigenvalue weighted by molar-refractivity contribution is -0.132. The van der Waals surface area contributed by atoms with Crippen molar-refractivity contribution in [3.63, 3.8) is 0 Å². The summed E-state index contributed by atoms with van der Waals surface area (Å²) in [6.07, 6.45) is 1.35. The van der Waals surface area contributed by atoms with E-state index in [0.29, 0.717) is 30.2 Å². The Labute approximate surface area is 136 Å². The molecule has 1 aliphatic rings. The van der Waals surface area contributed by atoms with Crippen LogP contribution in [0.5, 0.6) is 11.5 Å². The van der Waals surface area contributed by atoms with Crippen LogP contribution in [-0.2, 0) is 9.59 Å². The molecule has 0 saturated carbocycles. The highest BCUT2D eigenvalue weighted by atomic mass is 16.5. The molecule has 126 valence electrons. The molecule has 2 rings (SSSR count). The third-order valence-corrected chi connectivity index (χ3v) is 4.17. The van der Waals surface area contributed by atoms with Crippen LogP contribution in [0, 0.1) is 5.92 Å². The van der Waals surface area contributed by atoms with Gasteiger partial charge in [-0.15, -0.1) is 0 Å². The number of rotatable bonds is 6. The maximum absolute atomic E-state index is 12.6. The highest BCUT2D eigenvalue weighted by molar-refractivity contribution is 6.09. The van der Waals surface area contributed by atoms with Crippen molar-refractivity contribution in [1.82, 2.24) is 5.32 Å². The van der Waals surface area contributed by atoms with E-state index in [4.69, 9.17) is 9.47 Å². The number of hydrogen-bond donors (Lipinski definition) is 1. The Morgan fingerprint density at radius 2 is 1.91 bits per heavy atom. The van der Waals surface area contributed by atoms with Gasteiger partial charge in [0, 0.05) is 30.8 Å². The van der Waals surface area contributed by atoms with Crippen LogP contribution in [0.3, 0.4) is 0 Å². The summed E-state index contributed by atoms with van der Waals surface area (Å²) in [5, 5.41) is 2.88. The van der Waals surface area contributed by atoms with E-state index in [0.717, 1.165) is 6.42 Å². The largest absolute Gasteiger partial charge is 0.497 e. The van der Waals surface area contributed by atoms with Crippen LogP contribution in [0.1, 0.15) is 26.7 Å². The summed E-state index contributed by atoms with van der Waals surface area (Å²) in [6.45, 7) is 4.44. The standard InChI is InChI=1S/C17H24N2O4/c1-5-11(2)18-16(20)15-6-7-19(17(15)21)12-8-13(22-3)10-14(9-12)23-4/h8-11,15H,5-7H2,1-4H3,(H,18,20)/t11-,15+/m0/s1. The first kappa shape index (κ1) is 17.1. The van der Waals surface area contributed by atoms with Crippen LogP contribution in [0.2, 0.25) is 0 Å². The number of methoxy groups -OCH3 is 2. The van der Waals surface area contributed by atoms with Crippen molar-refractivity contribution in [3.05, 3.63) is 18.2 Å². The van der Waals surface area contributed by atoms with Crippen LogP contribution in [0.15, 0.2) is 18.2 Å². The Hall–Kier alpha value is -2.24. The fourth-order valence-corrected chi connectivity index (χ4v) is 2.57. The molecule has 0 spiro atoms. The number of carbonyl (C=O) groups excluding carboxylic acids is 2. The van der Waals surface area contributed by atoms with Gasteiger partial charge in [0.25, 0.3) is 0 Å². The van der Waals surface area contributed by atoms with Crippen molar-refractivity contribution in [2.24, 2.45) is 5.92 Å². The first-order chi connectivity index (χ1) is 11.0. The SMILES string of the molecule is CC[C@H](C)NC(=O)[C@H]1CCN(c2cc(OC)cc(OC)c2)C1=O. The average molecular weight is 320 g/mol. The predicted molar refractivity (Wildman–Crippen MR) is 87.9 cm³/mol. The number of amides is 2. The quantitative estimate of drug-likeness (QED) is 0.814. The molecule has 6 heteroatoms. The molecule has 1 aromatic rings. The smallest absolute Gasteiger partial charge is 0.239 e. The molecule has 0 aliphatic carbocycles. The van der Waals surface area contributed by atoms with Gasteiger partial charge in [-0.05, 0) is 19.8 Å². The Balaban J connectivity index is 2.17. The number of hydrogen-bond acceptors (Lipinski definition) is 4. The van der Waals surface area contributed by atoms with Gasteiger partial charge < -0.3 is 19.7 Å². The Morgan fingerprint density at radius 1 is 1.30 bits per heavy atom. The third kappa shape index (κ3) is 3.75. The van der Waals surface area contributed by atoms with E-state index in [1.807, 2.05) is 13.8 Å². The zero-order valence-corrected chi connectivity index (χ0v) is 14.1. The molecule has 1 N–H and O–H groups in total. The van der Waals surface area contributed by atoms with Gasteiger partial charge in [0.2, 0.25) is 11.8 Å². The minimum Gasteiger partial charge on any atom is -0.497 e. The van der Waals surface area contributed by atoms with Crippen molar-refractivity contribution in [1.29, 1.82) is 0 Å². The number of nitrogens with zero attached hydrogens (tertiary/aromatic N) is 1.